The van der Waals surface area contributed by atoms with Crippen LogP contribution in [0.4, 0.5) is 0 Å². The molecular formula is C13H24N4. The van der Waals surface area contributed by atoms with Crippen molar-refractivity contribution in [3.8, 4) is 0 Å². The third kappa shape index (κ3) is 2.38. The second-order valence-corrected chi connectivity index (χ2v) is 5.25. The van der Waals surface area contributed by atoms with Crippen molar-refractivity contribution in [2.45, 2.75) is 52.0 Å². The Hall–Kier alpha value is -0.870. The summed E-state index contributed by atoms with van der Waals surface area (Å²) in [7, 11) is 2.00. The van der Waals surface area contributed by atoms with E-state index >= 15 is 0 Å². The average molecular weight is 236 g/mol. The van der Waals surface area contributed by atoms with E-state index in [0.29, 0.717) is 5.92 Å². The molecule has 1 aromatic heterocycles. The van der Waals surface area contributed by atoms with Crippen molar-refractivity contribution in [3.63, 3.8) is 0 Å². The Bertz CT molecular complexity index is 377. The van der Waals surface area contributed by atoms with E-state index in [1.807, 2.05) is 11.7 Å². The van der Waals surface area contributed by atoms with Crippen LogP contribution in [0.1, 0.15) is 55.1 Å². The summed E-state index contributed by atoms with van der Waals surface area (Å²) in [5, 5.41) is 4.50. The third-order valence-corrected chi connectivity index (χ3v) is 4.18. The number of hydrogen-bond acceptors (Lipinski definition) is 3. The van der Waals surface area contributed by atoms with Gasteiger partial charge in [-0.1, -0.05) is 19.3 Å². The van der Waals surface area contributed by atoms with Gasteiger partial charge in [0.15, 0.2) is 0 Å². The lowest BCUT2D eigenvalue weighted by Crippen LogP contribution is -2.35. The first-order chi connectivity index (χ1) is 8.15. The maximum Gasteiger partial charge on any atom is 0.0644 e. The van der Waals surface area contributed by atoms with Gasteiger partial charge in [-0.25, -0.2) is 0 Å². The van der Waals surface area contributed by atoms with E-state index in [4.69, 9.17) is 5.84 Å². The molecule has 1 aliphatic carbocycles. The molecule has 0 aliphatic heterocycles. The molecule has 0 saturated heterocycles. The van der Waals surface area contributed by atoms with E-state index in [2.05, 4.69) is 24.4 Å². The largest absolute Gasteiger partial charge is 0.272 e. The molecule has 96 valence electrons. The van der Waals surface area contributed by atoms with Gasteiger partial charge in [-0.15, -0.1) is 0 Å². The third-order valence-electron chi connectivity index (χ3n) is 4.18. The van der Waals surface area contributed by atoms with Crippen molar-refractivity contribution in [1.29, 1.82) is 0 Å². The molecule has 0 bridgehead atoms. The Balaban J connectivity index is 2.27. The quantitative estimate of drug-likeness (QED) is 0.624. The summed E-state index contributed by atoms with van der Waals surface area (Å²) in [5.41, 5.74) is 6.68. The second-order valence-electron chi connectivity index (χ2n) is 5.25. The zero-order valence-corrected chi connectivity index (χ0v) is 11.2. The van der Waals surface area contributed by atoms with Crippen LogP contribution in [0.2, 0.25) is 0 Å². The molecule has 1 fully saturated rings. The summed E-state index contributed by atoms with van der Waals surface area (Å²) in [6, 6.07) is 0.268. The molecule has 17 heavy (non-hydrogen) atoms. The van der Waals surface area contributed by atoms with Crippen molar-refractivity contribution in [2.75, 3.05) is 0 Å². The fraction of sp³-hybridized carbons (Fsp3) is 0.769. The minimum atomic E-state index is 0.268. The van der Waals surface area contributed by atoms with Gasteiger partial charge in [-0.05, 0) is 32.6 Å². The molecule has 1 heterocycles. The molecule has 4 heteroatoms. The van der Waals surface area contributed by atoms with Crippen LogP contribution in [0.3, 0.4) is 0 Å². The maximum atomic E-state index is 5.80. The molecule has 0 spiro atoms. The smallest absolute Gasteiger partial charge is 0.0644 e. The summed E-state index contributed by atoms with van der Waals surface area (Å²) >= 11 is 0. The molecule has 1 atom stereocenters. The summed E-state index contributed by atoms with van der Waals surface area (Å²) in [6.45, 7) is 4.21. The summed E-state index contributed by atoms with van der Waals surface area (Å²) in [6.07, 6.45) is 6.60. The van der Waals surface area contributed by atoms with Gasteiger partial charge in [-0.2, -0.15) is 5.10 Å². The Labute approximate surface area is 104 Å². The van der Waals surface area contributed by atoms with Crippen molar-refractivity contribution in [2.24, 2.45) is 18.8 Å². The predicted octanol–water partition coefficient (Wildman–Crippen LogP) is 2.12. The van der Waals surface area contributed by atoms with Gasteiger partial charge in [-0.3, -0.25) is 16.0 Å². The standard InChI is InChI=1S/C13H24N4/c1-9-12(10(2)17(3)16-9)13(15-14)11-7-5-4-6-8-11/h11,13,15H,4-8,14H2,1-3H3. The van der Waals surface area contributed by atoms with Gasteiger partial charge in [0.2, 0.25) is 0 Å². The number of nitrogens with two attached hydrogens (primary N) is 1. The normalized spacial score (nSPS) is 19.5. The van der Waals surface area contributed by atoms with Crippen molar-refractivity contribution in [1.82, 2.24) is 15.2 Å². The molecule has 3 N–H and O–H groups in total. The van der Waals surface area contributed by atoms with Crippen LogP contribution in [0.5, 0.6) is 0 Å². The number of rotatable bonds is 3. The molecule has 0 amide bonds. The molecule has 1 aliphatic rings. The van der Waals surface area contributed by atoms with E-state index in [0.717, 1.165) is 5.69 Å². The van der Waals surface area contributed by atoms with Crippen LogP contribution in [0.15, 0.2) is 0 Å². The summed E-state index contributed by atoms with van der Waals surface area (Å²) in [4.78, 5) is 0. The first-order valence-corrected chi connectivity index (χ1v) is 6.61. The van der Waals surface area contributed by atoms with Gasteiger partial charge in [0.1, 0.15) is 0 Å². The minimum absolute atomic E-state index is 0.268. The van der Waals surface area contributed by atoms with Crippen LogP contribution in [-0.2, 0) is 7.05 Å². The number of hydrazine groups is 1. The number of aryl methyl sites for hydroxylation is 2. The number of nitrogens with zero attached hydrogens (tertiary/aromatic N) is 2. The highest BCUT2D eigenvalue weighted by molar-refractivity contribution is 5.28. The van der Waals surface area contributed by atoms with Crippen LogP contribution < -0.4 is 11.3 Å². The Morgan fingerprint density at radius 2 is 1.94 bits per heavy atom. The topological polar surface area (TPSA) is 55.9 Å². The van der Waals surface area contributed by atoms with Crippen LogP contribution in [0.25, 0.3) is 0 Å². The highest BCUT2D eigenvalue weighted by Crippen LogP contribution is 2.36. The zero-order valence-electron chi connectivity index (χ0n) is 11.2. The molecule has 0 aromatic carbocycles. The molecular weight excluding hydrogens is 212 g/mol. The molecule has 1 unspecified atom stereocenters. The fourth-order valence-electron chi connectivity index (χ4n) is 3.16. The molecule has 1 aromatic rings. The van der Waals surface area contributed by atoms with E-state index in [-0.39, 0.29) is 6.04 Å². The van der Waals surface area contributed by atoms with Gasteiger partial charge < -0.3 is 0 Å². The van der Waals surface area contributed by atoms with Crippen LogP contribution >= 0.6 is 0 Å². The average Bonchev–Trinajstić information content (AvgIpc) is 2.58. The highest BCUT2D eigenvalue weighted by atomic mass is 15.3. The molecule has 1 saturated carbocycles. The van der Waals surface area contributed by atoms with Crippen LogP contribution in [0, 0.1) is 19.8 Å². The number of aromatic nitrogens is 2. The van der Waals surface area contributed by atoms with E-state index in [1.165, 1.54) is 43.4 Å². The van der Waals surface area contributed by atoms with Gasteiger partial charge in [0, 0.05) is 18.3 Å². The lowest BCUT2D eigenvalue weighted by atomic mass is 9.81. The number of nitrogens with one attached hydrogen (secondary N) is 1. The highest BCUT2D eigenvalue weighted by Gasteiger charge is 2.28. The maximum absolute atomic E-state index is 5.80. The van der Waals surface area contributed by atoms with Crippen molar-refractivity contribution in [3.05, 3.63) is 17.0 Å². The van der Waals surface area contributed by atoms with Gasteiger partial charge >= 0.3 is 0 Å². The molecule has 2 rings (SSSR count). The lowest BCUT2D eigenvalue weighted by molar-refractivity contribution is 0.272. The predicted molar refractivity (Wildman–Crippen MR) is 69.3 cm³/mol. The SMILES string of the molecule is Cc1nn(C)c(C)c1C(NN)C1CCCCC1. The monoisotopic (exact) mass is 236 g/mol. The summed E-state index contributed by atoms with van der Waals surface area (Å²) < 4.78 is 1.96. The first kappa shape index (κ1) is 12.6. The van der Waals surface area contributed by atoms with E-state index in [9.17, 15) is 0 Å². The second kappa shape index (κ2) is 5.19. The number of hydrogen-bond donors (Lipinski definition) is 2. The summed E-state index contributed by atoms with van der Waals surface area (Å²) in [5.74, 6) is 6.46. The fourth-order valence-corrected chi connectivity index (χ4v) is 3.16. The van der Waals surface area contributed by atoms with E-state index in [1.54, 1.807) is 0 Å². The molecule has 0 radical (unpaired) electrons. The Kier molecular flexibility index (Phi) is 3.84. The Morgan fingerprint density at radius 3 is 2.41 bits per heavy atom. The van der Waals surface area contributed by atoms with Crippen molar-refractivity contribution >= 4 is 0 Å². The lowest BCUT2D eigenvalue weighted by Gasteiger charge is -2.30. The minimum Gasteiger partial charge on any atom is -0.272 e. The van der Waals surface area contributed by atoms with Crippen molar-refractivity contribution < 1.29 is 0 Å². The zero-order chi connectivity index (χ0) is 12.4. The Morgan fingerprint density at radius 1 is 1.29 bits per heavy atom. The first-order valence-electron chi connectivity index (χ1n) is 6.61. The van der Waals surface area contributed by atoms with Gasteiger partial charge in [0.05, 0.1) is 11.7 Å². The van der Waals surface area contributed by atoms with E-state index < -0.39 is 0 Å². The van der Waals surface area contributed by atoms with Gasteiger partial charge in [0.25, 0.3) is 0 Å². The molecule has 4 nitrogen and oxygen atoms in total. The van der Waals surface area contributed by atoms with Crippen LogP contribution in [-0.4, -0.2) is 9.78 Å².